The molecule has 0 radical (unpaired) electrons. The summed E-state index contributed by atoms with van der Waals surface area (Å²) in [5.41, 5.74) is 1.53. The van der Waals surface area contributed by atoms with E-state index < -0.39 is 6.09 Å². The zero-order valence-corrected chi connectivity index (χ0v) is 10.9. The number of nitrogens with zero attached hydrogens (tertiary/aromatic N) is 2. The van der Waals surface area contributed by atoms with E-state index in [9.17, 15) is 4.79 Å². The molecule has 0 aliphatic rings. The summed E-state index contributed by atoms with van der Waals surface area (Å²) in [6.45, 7) is 0.232. The van der Waals surface area contributed by atoms with Gasteiger partial charge in [0.1, 0.15) is 11.3 Å². The number of nitrogens with one attached hydrogen (secondary N) is 1. The first-order valence-corrected chi connectivity index (χ1v) is 5.84. The molecule has 0 unspecified atom stereocenters. The van der Waals surface area contributed by atoms with E-state index in [2.05, 4.69) is 10.4 Å². The highest BCUT2D eigenvalue weighted by Gasteiger charge is 2.08. The standard InChI is InChI=1S/C12H12ClN3O3/c1-19-10-5-8(3-2-4-14-12(17)18)7-16-11(10)9(13)6-15-16/h2-3,5-7,14H,4H2,1H3,(H,17,18). The van der Waals surface area contributed by atoms with E-state index in [1.54, 1.807) is 42.2 Å². The average Bonchev–Trinajstić information content (AvgIpc) is 2.75. The molecular weight excluding hydrogens is 270 g/mol. The molecular formula is C12H12ClN3O3. The highest BCUT2D eigenvalue weighted by Crippen LogP contribution is 2.28. The smallest absolute Gasteiger partial charge is 0.404 e. The molecule has 0 aliphatic heterocycles. The predicted octanol–water partition coefficient (Wildman–Crippen LogP) is 2.28. The minimum absolute atomic E-state index is 0.232. The number of hydrogen-bond acceptors (Lipinski definition) is 3. The number of halogens is 1. The molecule has 100 valence electrons. The third-order valence-corrected chi connectivity index (χ3v) is 2.73. The highest BCUT2D eigenvalue weighted by atomic mass is 35.5. The van der Waals surface area contributed by atoms with E-state index in [0.717, 1.165) is 5.56 Å². The van der Waals surface area contributed by atoms with Gasteiger partial charge < -0.3 is 15.2 Å². The van der Waals surface area contributed by atoms with E-state index in [1.165, 1.54) is 0 Å². The maximum Gasteiger partial charge on any atom is 0.404 e. The van der Waals surface area contributed by atoms with Crippen LogP contribution >= 0.6 is 11.6 Å². The fourth-order valence-electron chi connectivity index (χ4n) is 1.66. The molecule has 2 heterocycles. The van der Waals surface area contributed by atoms with Gasteiger partial charge in [-0.05, 0) is 11.6 Å². The zero-order chi connectivity index (χ0) is 13.8. The number of amides is 1. The summed E-state index contributed by atoms with van der Waals surface area (Å²) in [5, 5.41) is 15.3. The van der Waals surface area contributed by atoms with Crippen LogP contribution in [0.5, 0.6) is 5.75 Å². The lowest BCUT2D eigenvalue weighted by Crippen LogP contribution is -2.20. The van der Waals surface area contributed by atoms with Crippen LogP contribution in [0.2, 0.25) is 5.02 Å². The molecule has 7 heteroatoms. The Hall–Kier alpha value is -2.21. The van der Waals surface area contributed by atoms with Crippen LogP contribution in [0.3, 0.4) is 0 Å². The summed E-state index contributed by atoms with van der Waals surface area (Å²) in [6.07, 6.45) is 5.73. The quantitative estimate of drug-likeness (QED) is 0.901. The molecule has 0 fully saturated rings. The highest BCUT2D eigenvalue weighted by molar-refractivity contribution is 6.34. The Morgan fingerprint density at radius 1 is 1.68 bits per heavy atom. The minimum Gasteiger partial charge on any atom is -0.494 e. The number of methoxy groups -OCH3 is 1. The first kappa shape index (κ1) is 13.2. The van der Waals surface area contributed by atoms with Crippen molar-refractivity contribution in [3.63, 3.8) is 0 Å². The van der Waals surface area contributed by atoms with Gasteiger partial charge in [-0.25, -0.2) is 9.31 Å². The van der Waals surface area contributed by atoms with Crippen LogP contribution in [0.4, 0.5) is 4.79 Å². The Kier molecular flexibility index (Phi) is 3.91. The summed E-state index contributed by atoms with van der Waals surface area (Å²) in [5.74, 6) is 0.607. The maximum absolute atomic E-state index is 10.3. The van der Waals surface area contributed by atoms with Crippen LogP contribution < -0.4 is 10.1 Å². The number of pyridine rings is 1. The third-order valence-electron chi connectivity index (χ3n) is 2.45. The van der Waals surface area contributed by atoms with Gasteiger partial charge in [-0.1, -0.05) is 23.8 Å². The number of carbonyl (C=O) groups is 1. The summed E-state index contributed by atoms with van der Waals surface area (Å²) in [4.78, 5) is 10.3. The van der Waals surface area contributed by atoms with Crippen molar-refractivity contribution in [1.29, 1.82) is 0 Å². The number of ether oxygens (including phenoxy) is 1. The van der Waals surface area contributed by atoms with E-state index in [-0.39, 0.29) is 6.54 Å². The maximum atomic E-state index is 10.3. The lowest BCUT2D eigenvalue weighted by Gasteiger charge is -2.05. The predicted molar refractivity (Wildman–Crippen MR) is 71.8 cm³/mol. The molecule has 0 aromatic carbocycles. The fraction of sp³-hybridized carbons (Fsp3) is 0.167. The second-order valence-electron chi connectivity index (χ2n) is 3.72. The van der Waals surface area contributed by atoms with Crippen molar-refractivity contribution in [3.05, 3.63) is 35.1 Å². The molecule has 2 N–H and O–H groups in total. The molecule has 6 nitrogen and oxygen atoms in total. The third kappa shape index (κ3) is 2.97. The molecule has 2 aromatic rings. The molecule has 0 bridgehead atoms. The molecule has 2 aromatic heterocycles. The lowest BCUT2D eigenvalue weighted by molar-refractivity contribution is 0.195. The molecule has 1 amide bonds. The summed E-state index contributed by atoms with van der Waals surface area (Å²) >= 11 is 6.01. The number of rotatable bonds is 4. The molecule has 0 saturated carbocycles. The van der Waals surface area contributed by atoms with Gasteiger partial charge in [-0.3, -0.25) is 0 Å². The SMILES string of the molecule is COc1cc(C=CCNC(=O)O)cn2ncc(Cl)c12. The van der Waals surface area contributed by atoms with Gasteiger partial charge in [0.2, 0.25) is 0 Å². The van der Waals surface area contributed by atoms with Crippen molar-refractivity contribution < 1.29 is 14.6 Å². The van der Waals surface area contributed by atoms with Gasteiger partial charge in [0, 0.05) is 12.7 Å². The largest absolute Gasteiger partial charge is 0.494 e. The van der Waals surface area contributed by atoms with Crippen LogP contribution in [0.1, 0.15) is 5.56 Å². The van der Waals surface area contributed by atoms with Crippen molar-refractivity contribution in [3.8, 4) is 5.75 Å². The molecule has 2 rings (SSSR count). The van der Waals surface area contributed by atoms with Crippen molar-refractivity contribution in [1.82, 2.24) is 14.9 Å². The lowest BCUT2D eigenvalue weighted by atomic mass is 10.2. The van der Waals surface area contributed by atoms with Gasteiger partial charge in [0.25, 0.3) is 0 Å². The summed E-state index contributed by atoms with van der Waals surface area (Å²) in [6, 6.07) is 1.81. The zero-order valence-electron chi connectivity index (χ0n) is 10.1. The van der Waals surface area contributed by atoms with Crippen LogP contribution in [0.15, 0.2) is 24.5 Å². The van der Waals surface area contributed by atoms with E-state index in [1.807, 2.05) is 0 Å². The second kappa shape index (κ2) is 5.62. The fourth-order valence-corrected chi connectivity index (χ4v) is 1.88. The van der Waals surface area contributed by atoms with E-state index in [4.69, 9.17) is 21.4 Å². The van der Waals surface area contributed by atoms with Gasteiger partial charge in [0.05, 0.1) is 18.3 Å². The number of fused-ring (bicyclic) bond motifs is 1. The molecule has 0 atom stereocenters. The first-order chi connectivity index (χ1) is 9.11. The normalized spacial score (nSPS) is 11.1. The summed E-state index contributed by atoms with van der Waals surface area (Å²) < 4.78 is 6.88. The Morgan fingerprint density at radius 3 is 3.16 bits per heavy atom. The minimum atomic E-state index is -1.06. The Balaban J connectivity index is 2.27. The van der Waals surface area contributed by atoms with E-state index >= 15 is 0 Å². The van der Waals surface area contributed by atoms with Gasteiger partial charge >= 0.3 is 6.09 Å². The Morgan fingerprint density at radius 2 is 2.47 bits per heavy atom. The van der Waals surface area contributed by atoms with Gasteiger partial charge in [0.15, 0.2) is 0 Å². The van der Waals surface area contributed by atoms with Crippen LogP contribution in [0, 0.1) is 0 Å². The second-order valence-corrected chi connectivity index (χ2v) is 4.12. The van der Waals surface area contributed by atoms with E-state index in [0.29, 0.717) is 16.3 Å². The van der Waals surface area contributed by atoms with Crippen LogP contribution in [-0.4, -0.2) is 34.5 Å². The first-order valence-electron chi connectivity index (χ1n) is 5.46. The number of aromatic nitrogens is 2. The molecule has 0 aliphatic carbocycles. The number of hydrogen-bond donors (Lipinski definition) is 2. The van der Waals surface area contributed by atoms with Crippen LogP contribution in [0.25, 0.3) is 11.6 Å². The van der Waals surface area contributed by atoms with Crippen molar-refractivity contribution in [2.24, 2.45) is 0 Å². The van der Waals surface area contributed by atoms with Crippen molar-refractivity contribution in [2.75, 3.05) is 13.7 Å². The Bertz CT molecular complexity index is 636. The monoisotopic (exact) mass is 281 g/mol. The van der Waals surface area contributed by atoms with Gasteiger partial charge in [-0.15, -0.1) is 0 Å². The van der Waals surface area contributed by atoms with Crippen molar-refractivity contribution >= 4 is 29.3 Å². The molecule has 0 spiro atoms. The summed E-state index contributed by atoms with van der Waals surface area (Å²) in [7, 11) is 1.55. The number of carboxylic acid groups (broad SMARTS) is 1. The topological polar surface area (TPSA) is 75.9 Å². The van der Waals surface area contributed by atoms with Crippen molar-refractivity contribution in [2.45, 2.75) is 0 Å². The van der Waals surface area contributed by atoms with Gasteiger partial charge in [-0.2, -0.15) is 5.10 Å². The average molecular weight is 282 g/mol. The van der Waals surface area contributed by atoms with Crippen LogP contribution in [-0.2, 0) is 0 Å². The Labute approximate surface area is 114 Å². The molecule has 19 heavy (non-hydrogen) atoms. The molecule has 0 saturated heterocycles.